The third-order valence-electron chi connectivity index (χ3n) is 6.60. The molecule has 1 spiro atoms. The summed E-state index contributed by atoms with van der Waals surface area (Å²) in [6.07, 6.45) is 4.09. The first-order chi connectivity index (χ1) is 11.2. The molecule has 0 amide bonds. The summed E-state index contributed by atoms with van der Waals surface area (Å²) < 4.78 is 26.5. The van der Waals surface area contributed by atoms with Crippen molar-refractivity contribution in [3.8, 4) is 0 Å². The maximum atomic E-state index is 14.8. The minimum absolute atomic E-state index is 0.178. The first-order valence-corrected chi connectivity index (χ1v) is 8.99. The van der Waals surface area contributed by atoms with Gasteiger partial charge in [0.05, 0.1) is 11.2 Å². The summed E-state index contributed by atoms with van der Waals surface area (Å²) in [7, 11) is -0.827. The van der Waals surface area contributed by atoms with Crippen LogP contribution in [0, 0.1) is 5.41 Å². The van der Waals surface area contributed by atoms with E-state index < -0.39 is 18.3 Å². The maximum Gasteiger partial charge on any atom is 0.525 e. The van der Waals surface area contributed by atoms with E-state index in [2.05, 4.69) is 30.3 Å². The monoisotopic (exact) mass is 328 g/mol. The molecule has 2 nitrogen and oxygen atoms in total. The van der Waals surface area contributed by atoms with Crippen LogP contribution in [0.4, 0.5) is 4.39 Å². The van der Waals surface area contributed by atoms with E-state index in [1.807, 2.05) is 27.7 Å². The van der Waals surface area contributed by atoms with Crippen LogP contribution < -0.4 is 0 Å². The van der Waals surface area contributed by atoms with E-state index >= 15 is 0 Å². The number of halogens is 1. The Morgan fingerprint density at radius 1 is 1.00 bits per heavy atom. The summed E-state index contributed by atoms with van der Waals surface area (Å²) in [5.41, 5.74) is 1.52. The number of benzene rings is 1. The molecule has 4 rings (SSSR count). The quantitative estimate of drug-likeness (QED) is 0.695. The zero-order valence-electron chi connectivity index (χ0n) is 15.1. The predicted octanol–water partition coefficient (Wildman–Crippen LogP) is 5.20. The van der Waals surface area contributed by atoms with E-state index in [4.69, 9.17) is 9.31 Å². The highest BCUT2D eigenvalue weighted by Crippen LogP contribution is 2.64. The summed E-state index contributed by atoms with van der Waals surface area (Å²) in [6.45, 7) is 7.85. The summed E-state index contributed by atoms with van der Waals surface area (Å²) in [5, 5.41) is 0. The van der Waals surface area contributed by atoms with Gasteiger partial charge >= 0.3 is 7.12 Å². The number of hydrogen-bond donors (Lipinski definition) is 0. The lowest BCUT2D eigenvalue weighted by Crippen LogP contribution is -2.44. The van der Waals surface area contributed by atoms with E-state index in [0.29, 0.717) is 11.3 Å². The molecule has 0 aromatic heterocycles. The van der Waals surface area contributed by atoms with Crippen molar-refractivity contribution in [3.63, 3.8) is 0 Å². The minimum atomic E-state index is -0.827. The van der Waals surface area contributed by atoms with Crippen LogP contribution in [0.5, 0.6) is 0 Å². The van der Waals surface area contributed by atoms with Gasteiger partial charge in [0.1, 0.15) is 5.73 Å². The standard InChI is InChI=1S/C20H26BFO2/c1-18(2)19(3,4)24-21(23-18)17(22)16-12-20(13-16)10-15(11-20)14-8-6-5-7-9-14/h5-9,15H,10-13H2,1-4H3. The SMILES string of the molecule is CC1(C)OB(C(F)=C2CC3(C2)CC(c2ccccc2)C3)OC1(C)C. The second-order valence-electron chi connectivity index (χ2n) is 8.91. The Hall–Kier alpha value is -1.13. The summed E-state index contributed by atoms with van der Waals surface area (Å²) in [5.74, 6) is 0.646. The molecule has 3 aliphatic rings. The van der Waals surface area contributed by atoms with Gasteiger partial charge < -0.3 is 9.31 Å². The maximum absolute atomic E-state index is 14.8. The Morgan fingerprint density at radius 3 is 2.08 bits per heavy atom. The van der Waals surface area contributed by atoms with Gasteiger partial charge in [-0.05, 0) is 75.8 Å². The molecule has 1 aromatic rings. The Morgan fingerprint density at radius 2 is 1.54 bits per heavy atom. The van der Waals surface area contributed by atoms with Crippen LogP contribution in [-0.2, 0) is 9.31 Å². The van der Waals surface area contributed by atoms with Crippen LogP contribution in [0.2, 0.25) is 0 Å². The molecule has 1 aromatic carbocycles. The summed E-state index contributed by atoms with van der Waals surface area (Å²) in [4.78, 5) is 0. The number of rotatable bonds is 2. The second kappa shape index (κ2) is 5.19. The van der Waals surface area contributed by atoms with Gasteiger partial charge in [-0.1, -0.05) is 30.3 Å². The molecule has 0 atom stereocenters. The van der Waals surface area contributed by atoms with E-state index in [0.717, 1.165) is 18.4 Å². The van der Waals surface area contributed by atoms with Gasteiger partial charge in [0, 0.05) is 0 Å². The number of hydrogen-bond acceptors (Lipinski definition) is 2. The van der Waals surface area contributed by atoms with Gasteiger partial charge in [-0.15, -0.1) is 0 Å². The number of allylic oxidation sites excluding steroid dienone is 1. The molecular formula is C20H26BFO2. The first-order valence-electron chi connectivity index (χ1n) is 8.99. The van der Waals surface area contributed by atoms with Crippen molar-refractivity contribution in [2.75, 3.05) is 0 Å². The fourth-order valence-corrected chi connectivity index (χ4v) is 4.37. The topological polar surface area (TPSA) is 18.5 Å². The molecule has 2 aliphatic carbocycles. The molecule has 2 saturated carbocycles. The molecule has 4 heteroatoms. The highest BCUT2D eigenvalue weighted by Gasteiger charge is 2.57. The highest BCUT2D eigenvalue weighted by molar-refractivity contribution is 6.53. The second-order valence-corrected chi connectivity index (χ2v) is 8.91. The molecule has 0 N–H and O–H groups in total. The largest absolute Gasteiger partial charge is 0.525 e. The van der Waals surface area contributed by atoms with Crippen molar-refractivity contribution in [2.24, 2.45) is 5.41 Å². The first kappa shape index (κ1) is 16.3. The Bertz CT molecular complexity index is 648. The van der Waals surface area contributed by atoms with Gasteiger partial charge in [0.25, 0.3) is 0 Å². The van der Waals surface area contributed by atoms with Crippen molar-refractivity contribution in [3.05, 3.63) is 47.2 Å². The van der Waals surface area contributed by atoms with E-state index in [1.54, 1.807) is 0 Å². The third-order valence-corrected chi connectivity index (χ3v) is 6.60. The fraction of sp³-hybridized carbons (Fsp3) is 0.600. The smallest absolute Gasteiger partial charge is 0.398 e. The molecule has 1 saturated heterocycles. The van der Waals surface area contributed by atoms with Gasteiger partial charge in [-0.2, -0.15) is 0 Å². The lowest BCUT2D eigenvalue weighted by atomic mass is 9.48. The molecule has 0 unspecified atom stereocenters. The molecule has 1 heterocycles. The van der Waals surface area contributed by atoms with Crippen molar-refractivity contribution < 1.29 is 13.7 Å². The molecule has 0 radical (unpaired) electrons. The molecule has 24 heavy (non-hydrogen) atoms. The van der Waals surface area contributed by atoms with Crippen LogP contribution in [0.3, 0.4) is 0 Å². The van der Waals surface area contributed by atoms with Crippen molar-refractivity contribution >= 4 is 7.12 Å². The van der Waals surface area contributed by atoms with Crippen molar-refractivity contribution in [1.29, 1.82) is 0 Å². The molecule has 3 fully saturated rings. The van der Waals surface area contributed by atoms with Crippen LogP contribution in [0.1, 0.15) is 64.9 Å². The van der Waals surface area contributed by atoms with E-state index in [1.165, 1.54) is 18.4 Å². The van der Waals surface area contributed by atoms with Gasteiger partial charge in [-0.3, -0.25) is 0 Å². The lowest BCUT2D eigenvalue weighted by Gasteiger charge is -2.55. The lowest BCUT2D eigenvalue weighted by molar-refractivity contribution is 0.00578. The zero-order chi connectivity index (χ0) is 17.2. The predicted molar refractivity (Wildman–Crippen MR) is 94.3 cm³/mol. The average molecular weight is 328 g/mol. The molecule has 128 valence electrons. The molecule has 1 aliphatic heterocycles. The van der Waals surface area contributed by atoms with Crippen LogP contribution in [-0.4, -0.2) is 18.3 Å². The van der Waals surface area contributed by atoms with Gasteiger partial charge in [0.15, 0.2) is 0 Å². The fourth-order valence-electron chi connectivity index (χ4n) is 4.37. The molecule has 0 bridgehead atoms. The van der Waals surface area contributed by atoms with Crippen molar-refractivity contribution in [1.82, 2.24) is 0 Å². The molecular weight excluding hydrogens is 302 g/mol. The van der Waals surface area contributed by atoms with Gasteiger partial charge in [0.2, 0.25) is 0 Å². The minimum Gasteiger partial charge on any atom is -0.398 e. The normalized spacial score (nSPS) is 33.3. The van der Waals surface area contributed by atoms with E-state index in [-0.39, 0.29) is 5.73 Å². The van der Waals surface area contributed by atoms with Gasteiger partial charge in [-0.25, -0.2) is 4.39 Å². The summed E-state index contributed by atoms with van der Waals surface area (Å²) in [6, 6.07) is 10.7. The summed E-state index contributed by atoms with van der Waals surface area (Å²) >= 11 is 0. The Kier molecular flexibility index (Phi) is 3.53. The van der Waals surface area contributed by atoms with Crippen LogP contribution in [0.15, 0.2) is 41.6 Å². The van der Waals surface area contributed by atoms with Crippen molar-refractivity contribution in [2.45, 2.75) is 70.5 Å². The van der Waals surface area contributed by atoms with E-state index in [9.17, 15) is 4.39 Å². The van der Waals surface area contributed by atoms with Crippen LogP contribution >= 0.6 is 0 Å². The Balaban J connectivity index is 1.39. The van der Waals surface area contributed by atoms with Crippen LogP contribution in [0.25, 0.3) is 0 Å². The zero-order valence-corrected chi connectivity index (χ0v) is 15.1. The highest BCUT2D eigenvalue weighted by atomic mass is 19.1. The average Bonchev–Trinajstić information content (AvgIpc) is 2.65. The Labute approximate surface area is 144 Å². The third kappa shape index (κ3) is 2.46.